The predicted octanol–water partition coefficient (Wildman–Crippen LogP) is 7.52. The first-order chi connectivity index (χ1) is 19.5. The number of hydrogen-bond donors (Lipinski definition) is 3. The number of alkyl carbamates (subject to hydrolysis) is 1. The van der Waals surface area contributed by atoms with Gasteiger partial charge in [-0.25, -0.2) is 19.2 Å². The van der Waals surface area contributed by atoms with Crippen LogP contribution in [0, 0.1) is 5.92 Å². The van der Waals surface area contributed by atoms with Gasteiger partial charge >= 0.3 is 24.1 Å². The van der Waals surface area contributed by atoms with Crippen molar-refractivity contribution in [3.63, 3.8) is 0 Å². The molecule has 2 atom stereocenters. The standard InChI is InChI=1S/2C16H29NO4/c1-12(14(18)19)17(15(20)21-16(2,3)4)13-10-8-6-5-7-9-11-13;1-16(2,3)21-15(20)17-13(14(18)19)11-12-9-7-5-4-6-8-10-12/h12-13H,5-11H2,1-4H3,(H,18,19);12-13H,4-11H2,1-3H3,(H,17,20)(H,18,19)/t12-;13-/m00/s1. The van der Waals surface area contributed by atoms with Crippen molar-refractivity contribution in [2.24, 2.45) is 5.92 Å². The van der Waals surface area contributed by atoms with Crippen LogP contribution in [-0.4, -0.2) is 68.6 Å². The number of ether oxygens (including phenoxy) is 2. The summed E-state index contributed by atoms with van der Waals surface area (Å²) in [5.41, 5.74) is -1.23. The molecule has 0 aromatic carbocycles. The van der Waals surface area contributed by atoms with E-state index in [0.717, 1.165) is 64.2 Å². The molecule has 2 fully saturated rings. The summed E-state index contributed by atoms with van der Waals surface area (Å²) < 4.78 is 10.6. The Hall–Kier alpha value is -2.52. The second kappa shape index (κ2) is 18.2. The molecule has 3 N–H and O–H groups in total. The summed E-state index contributed by atoms with van der Waals surface area (Å²) in [4.78, 5) is 48.3. The lowest BCUT2D eigenvalue weighted by Crippen LogP contribution is -2.51. The number of aliphatic carboxylic acids is 2. The zero-order chi connectivity index (χ0) is 31.9. The van der Waals surface area contributed by atoms with Crippen LogP contribution in [-0.2, 0) is 19.1 Å². The molecule has 0 heterocycles. The third-order valence-electron chi connectivity index (χ3n) is 7.63. The molecule has 0 aliphatic heterocycles. The average molecular weight is 599 g/mol. The van der Waals surface area contributed by atoms with Gasteiger partial charge in [-0.2, -0.15) is 0 Å². The number of amides is 2. The Balaban J connectivity index is 0.000000420. The summed E-state index contributed by atoms with van der Waals surface area (Å²) >= 11 is 0. The molecule has 42 heavy (non-hydrogen) atoms. The lowest BCUT2D eigenvalue weighted by molar-refractivity contribution is -0.143. The Labute approximate surface area is 253 Å². The summed E-state index contributed by atoms with van der Waals surface area (Å²) in [5.74, 6) is -1.59. The first-order valence-electron chi connectivity index (χ1n) is 16.0. The van der Waals surface area contributed by atoms with Crippen LogP contribution in [0.4, 0.5) is 9.59 Å². The summed E-state index contributed by atoms with van der Waals surface area (Å²) in [6, 6.07) is -1.75. The number of nitrogens with zero attached hydrogens (tertiary/aromatic N) is 1. The van der Waals surface area contributed by atoms with E-state index in [1.54, 1.807) is 48.5 Å². The average Bonchev–Trinajstić information content (AvgIpc) is 2.79. The Morgan fingerprint density at radius 3 is 1.55 bits per heavy atom. The monoisotopic (exact) mass is 598 g/mol. The van der Waals surface area contributed by atoms with Crippen molar-refractivity contribution in [2.45, 2.75) is 174 Å². The highest BCUT2D eigenvalue weighted by atomic mass is 16.6. The molecule has 2 aliphatic rings. The number of nitrogens with one attached hydrogen (secondary N) is 1. The largest absolute Gasteiger partial charge is 0.480 e. The Morgan fingerprint density at radius 1 is 0.714 bits per heavy atom. The molecule has 2 saturated carbocycles. The molecule has 10 heteroatoms. The molecule has 2 amide bonds. The molecule has 0 unspecified atom stereocenters. The fraction of sp³-hybridized carbons (Fsp3) is 0.875. The van der Waals surface area contributed by atoms with Gasteiger partial charge in [0.1, 0.15) is 23.3 Å². The number of carboxylic acid groups (broad SMARTS) is 2. The van der Waals surface area contributed by atoms with E-state index in [1.807, 2.05) is 0 Å². The highest BCUT2D eigenvalue weighted by Gasteiger charge is 2.35. The smallest absolute Gasteiger partial charge is 0.411 e. The molecular weight excluding hydrogens is 540 g/mol. The number of carbonyl (C=O) groups is 4. The van der Waals surface area contributed by atoms with Gasteiger partial charge in [0.2, 0.25) is 0 Å². The van der Waals surface area contributed by atoms with Crippen molar-refractivity contribution in [1.82, 2.24) is 10.2 Å². The first kappa shape index (κ1) is 37.5. The predicted molar refractivity (Wildman–Crippen MR) is 162 cm³/mol. The SMILES string of the molecule is CC(C)(C)OC(=O)N[C@@H](CC1CCCCCCC1)C(=O)O.C[C@@H](C(=O)O)N(C(=O)OC(C)(C)C)C1CCCCCCC1. The number of carbonyl (C=O) groups excluding carboxylic acids is 2. The first-order valence-corrected chi connectivity index (χ1v) is 16.0. The molecule has 0 radical (unpaired) electrons. The van der Waals surface area contributed by atoms with E-state index in [0.29, 0.717) is 12.3 Å². The highest BCUT2D eigenvalue weighted by Crippen LogP contribution is 2.27. The fourth-order valence-corrected chi connectivity index (χ4v) is 5.55. The van der Waals surface area contributed by atoms with Crippen LogP contribution < -0.4 is 5.32 Å². The van der Waals surface area contributed by atoms with Crippen LogP contribution in [0.25, 0.3) is 0 Å². The van der Waals surface area contributed by atoms with E-state index < -0.39 is 47.4 Å². The van der Waals surface area contributed by atoms with Crippen LogP contribution in [0.3, 0.4) is 0 Å². The second-order valence-electron chi connectivity index (χ2n) is 13.9. The molecule has 0 saturated heterocycles. The molecular formula is C32H58N2O8. The lowest BCUT2D eigenvalue weighted by atomic mass is 9.86. The molecule has 0 aromatic rings. The van der Waals surface area contributed by atoms with E-state index in [4.69, 9.17) is 9.47 Å². The molecule has 0 bridgehead atoms. The van der Waals surface area contributed by atoms with Crippen molar-refractivity contribution in [1.29, 1.82) is 0 Å². The zero-order valence-corrected chi connectivity index (χ0v) is 27.2. The lowest BCUT2D eigenvalue weighted by Gasteiger charge is -2.36. The molecule has 2 aliphatic carbocycles. The minimum absolute atomic E-state index is 0.0359. The third kappa shape index (κ3) is 16.2. The van der Waals surface area contributed by atoms with E-state index in [2.05, 4.69) is 5.32 Å². The quantitative estimate of drug-likeness (QED) is 0.273. The van der Waals surface area contributed by atoms with Gasteiger partial charge < -0.3 is 25.0 Å². The maximum absolute atomic E-state index is 12.4. The minimum Gasteiger partial charge on any atom is -0.480 e. The van der Waals surface area contributed by atoms with E-state index in [9.17, 15) is 29.4 Å². The molecule has 244 valence electrons. The van der Waals surface area contributed by atoms with Crippen molar-refractivity contribution in [3.8, 4) is 0 Å². The van der Waals surface area contributed by atoms with Gasteiger partial charge in [-0.05, 0) is 73.6 Å². The zero-order valence-electron chi connectivity index (χ0n) is 27.2. The Morgan fingerprint density at radius 2 is 1.14 bits per heavy atom. The number of carboxylic acids is 2. The highest BCUT2D eigenvalue weighted by molar-refractivity contribution is 5.80. The van der Waals surface area contributed by atoms with Gasteiger partial charge in [0.05, 0.1) is 0 Å². The van der Waals surface area contributed by atoms with E-state index in [-0.39, 0.29) is 6.04 Å². The summed E-state index contributed by atoms with van der Waals surface area (Å²) in [6.07, 6.45) is 14.8. The van der Waals surface area contributed by atoms with E-state index in [1.165, 1.54) is 30.6 Å². The third-order valence-corrected chi connectivity index (χ3v) is 7.63. The van der Waals surface area contributed by atoms with Crippen LogP contribution >= 0.6 is 0 Å². The van der Waals surface area contributed by atoms with E-state index >= 15 is 0 Å². The van der Waals surface area contributed by atoms with Crippen LogP contribution in [0.15, 0.2) is 0 Å². The molecule has 2 rings (SSSR count). The maximum atomic E-state index is 12.4. The Kier molecular flexibility index (Phi) is 16.3. The molecule has 0 spiro atoms. The molecule has 0 aromatic heterocycles. The maximum Gasteiger partial charge on any atom is 0.411 e. The summed E-state index contributed by atoms with van der Waals surface area (Å²) in [5, 5.41) is 21.1. The Bertz CT molecular complexity index is 820. The van der Waals surface area contributed by atoms with Gasteiger partial charge in [-0.15, -0.1) is 0 Å². The van der Waals surface area contributed by atoms with Crippen LogP contribution in [0.1, 0.15) is 145 Å². The van der Waals surface area contributed by atoms with Crippen molar-refractivity contribution in [3.05, 3.63) is 0 Å². The van der Waals surface area contributed by atoms with Gasteiger partial charge in [-0.3, -0.25) is 4.90 Å². The fourth-order valence-electron chi connectivity index (χ4n) is 5.55. The summed E-state index contributed by atoms with van der Waals surface area (Å²) in [6.45, 7) is 12.2. The van der Waals surface area contributed by atoms with Crippen molar-refractivity contribution >= 4 is 24.1 Å². The topological polar surface area (TPSA) is 142 Å². The van der Waals surface area contributed by atoms with Crippen LogP contribution in [0.2, 0.25) is 0 Å². The van der Waals surface area contributed by atoms with Gasteiger partial charge in [-0.1, -0.05) is 77.0 Å². The number of rotatable bonds is 7. The van der Waals surface area contributed by atoms with Crippen molar-refractivity contribution in [2.75, 3.05) is 0 Å². The van der Waals surface area contributed by atoms with Gasteiger partial charge in [0.15, 0.2) is 0 Å². The normalized spacial score (nSPS) is 19.2. The van der Waals surface area contributed by atoms with Gasteiger partial charge in [0, 0.05) is 6.04 Å². The van der Waals surface area contributed by atoms with Crippen LogP contribution in [0.5, 0.6) is 0 Å². The summed E-state index contributed by atoms with van der Waals surface area (Å²) in [7, 11) is 0. The molecule has 10 nitrogen and oxygen atoms in total. The van der Waals surface area contributed by atoms with Crippen molar-refractivity contribution < 1.29 is 38.9 Å². The van der Waals surface area contributed by atoms with Gasteiger partial charge in [0.25, 0.3) is 0 Å². The second-order valence-corrected chi connectivity index (χ2v) is 13.9. The minimum atomic E-state index is -0.983. The number of hydrogen-bond acceptors (Lipinski definition) is 6.